The van der Waals surface area contributed by atoms with Crippen molar-refractivity contribution >= 4 is 16.7 Å². The summed E-state index contributed by atoms with van der Waals surface area (Å²) in [6.45, 7) is 6.54. The van der Waals surface area contributed by atoms with Crippen LogP contribution in [-0.2, 0) is 10.9 Å². The van der Waals surface area contributed by atoms with Gasteiger partial charge in [0.15, 0.2) is 11.5 Å². The molecule has 1 N–H and O–H groups in total. The third-order valence-corrected chi connectivity index (χ3v) is 6.19. The van der Waals surface area contributed by atoms with Crippen LogP contribution in [0.5, 0.6) is 11.5 Å². The van der Waals surface area contributed by atoms with Gasteiger partial charge in [-0.15, -0.1) is 0 Å². The SMILES string of the molecule is COc1cc2nc(C)nc(N[C@H](C)c3cccc(C(F)(F)F)c3F)c2cc1OC(C)[C@H]1CCOC1. The Labute approximate surface area is 200 Å². The fourth-order valence-corrected chi connectivity index (χ4v) is 4.22. The van der Waals surface area contributed by atoms with Gasteiger partial charge >= 0.3 is 6.18 Å². The Morgan fingerprint density at radius 3 is 2.57 bits per heavy atom. The molecule has 1 saturated heterocycles. The number of nitrogens with one attached hydrogen (secondary N) is 1. The lowest BCUT2D eigenvalue weighted by atomic mass is 10.0. The van der Waals surface area contributed by atoms with E-state index in [-0.39, 0.29) is 17.6 Å². The molecule has 0 aliphatic carbocycles. The topological polar surface area (TPSA) is 65.5 Å². The van der Waals surface area contributed by atoms with E-state index in [1.54, 1.807) is 26.0 Å². The Kier molecular flexibility index (Phi) is 7.02. The number of methoxy groups -OCH3 is 1. The zero-order valence-corrected chi connectivity index (χ0v) is 19.9. The average molecular weight is 494 g/mol. The van der Waals surface area contributed by atoms with Gasteiger partial charge in [0.2, 0.25) is 0 Å². The first-order valence-electron chi connectivity index (χ1n) is 11.3. The third-order valence-electron chi connectivity index (χ3n) is 6.19. The van der Waals surface area contributed by atoms with E-state index >= 15 is 0 Å². The van der Waals surface area contributed by atoms with Crippen molar-refractivity contribution in [1.82, 2.24) is 9.97 Å². The number of benzene rings is 2. The molecule has 3 atom stereocenters. The highest BCUT2D eigenvalue weighted by molar-refractivity contribution is 5.92. The normalized spacial score (nSPS) is 17.9. The van der Waals surface area contributed by atoms with Crippen LogP contribution in [0.4, 0.5) is 23.4 Å². The molecule has 6 nitrogen and oxygen atoms in total. The van der Waals surface area contributed by atoms with Crippen molar-refractivity contribution in [2.45, 2.75) is 45.5 Å². The second kappa shape index (κ2) is 9.85. The average Bonchev–Trinajstić information content (AvgIpc) is 3.33. The number of nitrogens with zero attached hydrogens (tertiary/aromatic N) is 2. The number of halogens is 4. The molecule has 1 aliphatic rings. The number of alkyl halides is 3. The van der Waals surface area contributed by atoms with Crippen LogP contribution in [0.3, 0.4) is 0 Å². The summed E-state index contributed by atoms with van der Waals surface area (Å²) in [5.41, 5.74) is -0.875. The lowest BCUT2D eigenvalue weighted by molar-refractivity contribution is -0.140. The molecule has 35 heavy (non-hydrogen) atoms. The molecule has 0 spiro atoms. The van der Waals surface area contributed by atoms with Crippen LogP contribution < -0.4 is 14.8 Å². The summed E-state index contributed by atoms with van der Waals surface area (Å²) in [7, 11) is 1.53. The molecular weight excluding hydrogens is 466 g/mol. The minimum absolute atomic E-state index is 0.121. The third kappa shape index (κ3) is 5.27. The van der Waals surface area contributed by atoms with Gasteiger partial charge in [-0.3, -0.25) is 0 Å². The number of hydrogen-bond acceptors (Lipinski definition) is 6. The number of aromatic nitrogens is 2. The van der Waals surface area contributed by atoms with Crippen LogP contribution in [-0.4, -0.2) is 36.4 Å². The molecule has 1 unspecified atom stereocenters. The van der Waals surface area contributed by atoms with E-state index in [4.69, 9.17) is 14.2 Å². The predicted octanol–water partition coefficient (Wildman–Crippen LogP) is 6.08. The van der Waals surface area contributed by atoms with E-state index in [2.05, 4.69) is 15.3 Å². The summed E-state index contributed by atoms with van der Waals surface area (Å²) < 4.78 is 71.5. The largest absolute Gasteiger partial charge is 0.493 e. The lowest BCUT2D eigenvalue weighted by Crippen LogP contribution is -2.24. The fourth-order valence-electron chi connectivity index (χ4n) is 4.22. The van der Waals surface area contributed by atoms with Gasteiger partial charge < -0.3 is 19.5 Å². The van der Waals surface area contributed by atoms with Crippen LogP contribution in [0.15, 0.2) is 30.3 Å². The Hall–Kier alpha value is -3.14. The Morgan fingerprint density at radius 1 is 1.14 bits per heavy atom. The second-order valence-electron chi connectivity index (χ2n) is 8.66. The first-order valence-corrected chi connectivity index (χ1v) is 11.3. The van der Waals surface area contributed by atoms with Crippen molar-refractivity contribution in [1.29, 1.82) is 0 Å². The molecule has 0 saturated carbocycles. The minimum atomic E-state index is -4.79. The predicted molar refractivity (Wildman–Crippen MR) is 123 cm³/mol. The van der Waals surface area contributed by atoms with Crippen LogP contribution in [0.1, 0.15) is 43.3 Å². The first kappa shape index (κ1) is 25.0. The quantitative estimate of drug-likeness (QED) is 0.403. The van der Waals surface area contributed by atoms with Crippen molar-refractivity contribution in [2.24, 2.45) is 5.92 Å². The number of aryl methyl sites for hydroxylation is 1. The molecule has 3 aromatic rings. The fraction of sp³-hybridized carbons (Fsp3) is 0.440. The summed E-state index contributed by atoms with van der Waals surface area (Å²) in [4.78, 5) is 8.89. The van der Waals surface area contributed by atoms with Crippen molar-refractivity contribution in [2.75, 3.05) is 25.6 Å². The Balaban J connectivity index is 1.71. The maximum absolute atomic E-state index is 14.7. The zero-order valence-electron chi connectivity index (χ0n) is 19.9. The zero-order chi connectivity index (χ0) is 25.3. The standard InChI is InChI=1S/C25H27F4N3O3/c1-13(17-6-5-7-19(23(17)26)25(27,28)29)30-24-18-10-22(35-14(2)16-8-9-34-12-16)21(33-4)11-20(18)31-15(3)32-24/h5-7,10-11,13-14,16H,8-9,12H2,1-4H3,(H,30,31,32)/t13-,14?,16+/m1/s1. The van der Waals surface area contributed by atoms with Crippen LogP contribution in [0.25, 0.3) is 10.9 Å². The smallest absolute Gasteiger partial charge is 0.419 e. The van der Waals surface area contributed by atoms with E-state index in [1.807, 2.05) is 6.92 Å². The van der Waals surface area contributed by atoms with Crippen LogP contribution in [0.2, 0.25) is 0 Å². The molecule has 0 radical (unpaired) electrons. The molecule has 4 rings (SSSR count). The summed E-state index contributed by atoms with van der Waals surface area (Å²) in [6, 6.07) is 5.88. The van der Waals surface area contributed by atoms with Gasteiger partial charge in [-0.25, -0.2) is 14.4 Å². The van der Waals surface area contributed by atoms with Gasteiger partial charge in [0.1, 0.15) is 23.6 Å². The molecule has 1 aliphatic heterocycles. The van der Waals surface area contributed by atoms with Crippen molar-refractivity contribution in [3.63, 3.8) is 0 Å². The molecule has 2 aromatic carbocycles. The second-order valence-corrected chi connectivity index (χ2v) is 8.66. The number of hydrogen-bond donors (Lipinski definition) is 1. The summed E-state index contributed by atoms with van der Waals surface area (Å²) >= 11 is 0. The molecule has 0 amide bonds. The Bertz CT molecular complexity index is 1210. The number of ether oxygens (including phenoxy) is 3. The van der Waals surface area contributed by atoms with E-state index in [9.17, 15) is 17.6 Å². The van der Waals surface area contributed by atoms with Gasteiger partial charge in [0, 0.05) is 29.5 Å². The van der Waals surface area contributed by atoms with Crippen molar-refractivity contribution in [3.05, 3.63) is 53.1 Å². The molecule has 1 fully saturated rings. The first-order chi connectivity index (χ1) is 16.6. The Morgan fingerprint density at radius 2 is 1.91 bits per heavy atom. The van der Waals surface area contributed by atoms with E-state index < -0.39 is 23.6 Å². The number of rotatable bonds is 7. The summed E-state index contributed by atoms with van der Waals surface area (Å²) in [5, 5.41) is 3.63. The van der Waals surface area contributed by atoms with Gasteiger partial charge in [0.25, 0.3) is 0 Å². The maximum atomic E-state index is 14.7. The summed E-state index contributed by atoms with van der Waals surface area (Å²) in [5.74, 6) is 0.682. The van der Waals surface area contributed by atoms with E-state index in [0.717, 1.165) is 12.5 Å². The van der Waals surface area contributed by atoms with Crippen molar-refractivity contribution < 1.29 is 31.8 Å². The monoisotopic (exact) mass is 493 g/mol. The maximum Gasteiger partial charge on any atom is 0.419 e. The van der Waals surface area contributed by atoms with Crippen LogP contribution >= 0.6 is 0 Å². The minimum Gasteiger partial charge on any atom is -0.493 e. The van der Waals surface area contributed by atoms with Gasteiger partial charge in [-0.2, -0.15) is 13.2 Å². The highest BCUT2D eigenvalue weighted by Crippen LogP contribution is 2.38. The van der Waals surface area contributed by atoms with Gasteiger partial charge in [0.05, 0.1) is 30.8 Å². The number of fused-ring (bicyclic) bond motifs is 1. The van der Waals surface area contributed by atoms with E-state index in [1.165, 1.54) is 19.2 Å². The van der Waals surface area contributed by atoms with Crippen LogP contribution in [0, 0.1) is 18.7 Å². The van der Waals surface area contributed by atoms with Crippen molar-refractivity contribution in [3.8, 4) is 11.5 Å². The lowest BCUT2D eigenvalue weighted by Gasteiger charge is -2.22. The molecular formula is C25H27F4N3O3. The summed E-state index contributed by atoms with van der Waals surface area (Å²) in [6.07, 6.45) is -4.03. The molecule has 1 aromatic heterocycles. The number of anilines is 1. The molecule has 10 heteroatoms. The van der Waals surface area contributed by atoms with Gasteiger partial charge in [-0.1, -0.05) is 12.1 Å². The molecule has 0 bridgehead atoms. The molecule has 188 valence electrons. The highest BCUT2D eigenvalue weighted by Gasteiger charge is 2.35. The van der Waals surface area contributed by atoms with Gasteiger partial charge in [-0.05, 0) is 39.3 Å². The van der Waals surface area contributed by atoms with E-state index in [0.29, 0.717) is 47.3 Å². The highest BCUT2D eigenvalue weighted by atomic mass is 19.4. The molecule has 2 heterocycles.